The van der Waals surface area contributed by atoms with E-state index < -0.39 is 0 Å². The SMILES string of the molecule is CCNC(CC1CCCCC1)c1ccccc1Br. The van der Waals surface area contributed by atoms with Gasteiger partial charge in [0.05, 0.1) is 0 Å². The summed E-state index contributed by atoms with van der Waals surface area (Å²) < 4.78 is 1.24. The zero-order chi connectivity index (χ0) is 12.8. The van der Waals surface area contributed by atoms with Gasteiger partial charge >= 0.3 is 0 Å². The van der Waals surface area contributed by atoms with E-state index in [1.165, 1.54) is 48.6 Å². The second kappa shape index (κ2) is 7.30. The molecule has 100 valence electrons. The van der Waals surface area contributed by atoms with Crippen LogP contribution in [0, 0.1) is 5.92 Å². The Labute approximate surface area is 119 Å². The van der Waals surface area contributed by atoms with Crippen molar-refractivity contribution in [2.45, 2.75) is 51.5 Å². The Morgan fingerprint density at radius 3 is 2.61 bits per heavy atom. The van der Waals surface area contributed by atoms with Gasteiger partial charge in [0.2, 0.25) is 0 Å². The molecule has 0 saturated heterocycles. The van der Waals surface area contributed by atoms with Gasteiger partial charge in [0.1, 0.15) is 0 Å². The van der Waals surface area contributed by atoms with E-state index >= 15 is 0 Å². The molecule has 2 heteroatoms. The lowest BCUT2D eigenvalue weighted by Crippen LogP contribution is -2.24. The van der Waals surface area contributed by atoms with Gasteiger partial charge in [-0.3, -0.25) is 0 Å². The second-order valence-electron chi connectivity index (χ2n) is 5.37. The van der Waals surface area contributed by atoms with Gasteiger partial charge in [-0.2, -0.15) is 0 Å². The Hall–Kier alpha value is -0.340. The minimum atomic E-state index is 0.508. The van der Waals surface area contributed by atoms with E-state index in [4.69, 9.17) is 0 Å². The first-order chi connectivity index (χ1) is 8.81. The van der Waals surface area contributed by atoms with Crippen LogP contribution in [0.25, 0.3) is 0 Å². The summed E-state index contributed by atoms with van der Waals surface area (Å²) in [7, 11) is 0. The van der Waals surface area contributed by atoms with Crippen LogP contribution in [0.4, 0.5) is 0 Å². The van der Waals surface area contributed by atoms with Gasteiger partial charge in [0, 0.05) is 10.5 Å². The van der Waals surface area contributed by atoms with Gasteiger partial charge in [-0.05, 0) is 30.5 Å². The normalized spacial score (nSPS) is 18.8. The third-order valence-electron chi connectivity index (χ3n) is 4.02. The van der Waals surface area contributed by atoms with Crippen molar-refractivity contribution < 1.29 is 0 Å². The van der Waals surface area contributed by atoms with E-state index in [2.05, 4.69) is 52.4 Å². The summed E-state index contributed by atoms with van der Waals surface area (Å²) in [5, 5.41) is 3.66. The van der Waals surface area contributed by atoms with Crippen LogP contribution in [0.15, 0.2) is 28.7 Å². The summed E-state index contributed by atoms with van der Waals surface area (Å²) in [5.41, 5.74) is 1.42. The zero-order valence-corrected chi connectivity index (χ0v) is 12.9. The fourth-order valence-corrected chi connectivity index (χ4v) is 3.64. The summed E-state index contributed by atoms with van der Waals surface area (Å²) >= 11 is 3.69. The maximum absolute atomic E-state index is 3.69. The molecule has 0 spiro atoms. The molecule has 1 aliphatic carbocycles. The van der Waals surface area contributed by atoms with Crippen molar-refractivity contribution in [2.24, 2.45) is 5.92 Å². The Balaban J connectivity index is 2.05. The monoisotopic (exact) mass is 309 g/mol. The molecule has 0 aliphatic heterocycles. The lowest BCUT2D eigenvalue weighted by Gasteiger charge is -2.28. The van der Waals surface area contributed by atoms with Crippen molar-refractivity contribution in [1.29, 1.82) is 0 Å². The van der Waals surface area contributed by atoms with Crippen molar-refractivity contribution in [3.63, 3.8) is 0 Å². The van der Waals surface area contributed by atoms with E-state index in [0.29, 0.717) is 6.04 Å². The van der Waals surface area contributed by atoms with Crippen LogP contribution in [0.5, 0.6) is 0 Å². The highest BCUT2D eigenvalue weighted by Crippen LogP contribution is 2.34. The van der Waals surface area contributed by atoms with Gasteiger partial charge in [-0.1, -0.05) is 73.2 Å². The minimum absolute atomic E-state index is 0.508. The lowest BCUT2D eigenvalue weighted by atomic mass is 9.83. The topological polar surface area (TPSA) is 12.0 Å². The van der Waals surface area contributed by atoms with E-state index in [1.807, 2.05) is 0 Å². The first-order valence-electron chi connectivity index (χ1n) is 7.29. The van der Waals surface area contributed by atoms with Crippen molar-refractivity contribution in [1.82, 2.24) is 5.32 Å². The lowest BCUT2D eigenvalue weighted by molar-refractivity contribution is 0.301. The van der Waals surface area contributed by atoms with E-state index in [0.717, 1.165) is 12.5 Å². The van der Waals surface area contributed by atoms with Crippen LogP contribution in [-0.2, 0) is 0 Å². The highest BCUT2D eigenvalue weighted by Gasteiger charge is 2.20. The summed E-state index contributed by atoms with van der Waals surface area (Å²) in [6.45, 7) is 3.24. The largest absolute Gasteiger partial charge is 0.310 e. The smallest absolute Gasteiger partial charge is 0.0333 e. The van der Waals surface area contributed by atoms with Crippen molar-refractivity contribution in [3.05, 3.63) is 34.3 Å². The van der Waals surface area contributed by atoms with Crippen LogP contribution in [0.3, 0.4) is 0 Å². The highest BCUT2D eigenvalue weighted by molar-refractivity contribution is 9.10. The average molecular weight is 310 g/mol. The number of benzene rings is 1. The molecule has 0 bridgehead atoms. The number of rotatable bonds is 5. The molecule has 0 aromatic heterocycles. The maximum Gasteiger partial charge on any atom is 0.0333 e. The first kappa shape index (κ1) is 14.1. The molecule has 1 fully saturated rings. The summed E-state index contributed by atoms with van der Waals surface area (Å²) in [5.74, 6) is 0.912. The van der Waals surface area contributed by atoms with Crippen LogP contribution in [0.2, 0.25) is 0 Å². The second-order valence-corrected chi connectivity index (χ2v) is 6.23. The molecule has 1 saturated carbocycles. The van der Waals surface area contributed by atoms with E-state index in [-0.39, 0.29) is 0 Å². The number of nitrogens with one attached hydrogen (secondary N) is 1. The van der Waals surface area contributed by atoms with E-state index in [9.17, 15) is 0 Å². The van der Waals surface area contributed by atoms with Crippen LogP contribution >= 0.6 is 15.9 Å². The molecule has 1 nitrogen and oxygen atoms in total. The molecule has 1 aromatic rings. The molecule has 18 heavy (non-hydrogen) atoms. The molecule has 1 atom stereocenters. The molecule has 0 radical (unpaired) electrons. The summed E-state index contributed by atoms with van der Waals surface area (Å²) in [4.78, 5) is 0. The standard InChI is InChI=1S/C16H24BrN/c1-2-18-16(12-13-8-4-3-5-9-13)14-10-6-7-11-15(14)17/h6-7,10-11,13,16,18H,2-5,8-9,12H2,1H3. The number of hydrogen-bond donors (Lipinski definition) is 1. The Morgan fingerprint density at radius 2 is 1.94 bits per heavy atom. The molecule has 2 rings (SSSR count). The van der Waals surface area contributed by atoms with Crippen LogP contribution in [-0.4, -0.2) is 6.54 Å². The molecule has 0 amide bonds. The fourth-order valence-electron chi connectivity index (χ4n) is 3.08. The zero-order valence-electron chi connectivity index (χ0n) is 11.3. The van der Waals surface area contributed by atoms with Crippen molar-refractivity contribution in [2.75, 3.05) is 6.54 Å². The Morgan fingerprint density at radius 1 is 1.22 bits per heavy atom. The van der Waals surface area contributed by atoms with Gasteiger partial charge in [-0.25, -0.2) is 0 Å². The molecule has 1 N–H and O–H groups in total. The van der Waals surface area contributed by atoms with Crippen LogP contribution < -0.4 is 5.32 Å². The fraction of sp³-hybridized carbons (Fsp3) is 0.625. The Kier molecular flexibility index (Phi) is 5.71. The predicted octanol–water partition coefficient (Wildman–Crippen LogP) is 5.07. The van der Waals surface area contributed by atoms with Crippen LogP contribution in [0.1, 0.15) is 57.1 Å². The summed E-state index contributed by atoms with van der Waals surface area (Å²) in [6, 6.07) is 9.15. The predicted molar refractivity (Wildman–Crippen MR) is 81.8 cm³/mol. The average Bonchev–Trinajstić information content (AvgIpc) is 2.40. The molecule has 1 aliphatic rings. The molecule has 0 heterocycles. The van der Waals surface area contributed by atoms with E-state index in [1.54, 1.807) is 0 Å². The van der Waals surface area contributed by atoms with Crippen molar-refractivity contribution in [3.8, 4) is 0 Å². The third kappa shape index (κ3) is 3.83. The molecular weight excluding hydrogens is 286 g/mol. The molecule has 1 aromatic carbocycles. The number of hydrogen-bond acceptors (Lipinski definition) is 1. The minimum Gasteiger partial charge on any atom is -0.310 e. The molecule has 1 unspecified atom stereocenters. The Bertz CT molecular complexity index is 358. The third-order valence-corrected chi connectivity index (χ3v) is 4.75. The molecular formula is C16H24BrN. The quantitative estimate of drug-likeness (QED) is 0.800. The van der Waals surface area contributed by atoms with Gasteiger partial charge < -0.3 is 5.32 Å². The first-order valence-corrected chi connectivity index (χ1v) is 8.08. The van der Waals surface area contributed by atoms with Gasteiger partial charge in [-0.15, -0.1) is 0 Å². The highest BCUT2D eigenvalue weighted by atomic mass is 79.9. The van der Waals surface area contributed by atoms with Crippen molar-refractivity contribution >= 4 is 15.9 Å². The summed E-state index contributed by atoms with van der Waals surface area (Å²) in [6.07, 6.45) is 8.44. The maximum atomic E-state index is 3.69. The number of halogens is 1. The van der Waals surface area contributed by atoms with Gasteiger partial charge in [0.15, 0.2) is 0 Å². The van der Waals surface area contributed by atoms with Gasteiger partial charge in [0.25, 0.3) is 0 Å².